The van der Waals surface area contributed by atoms with Crippen molar-refractivity contribution in [2.45, 2.75) is 186 Å². The van der Waals surface area contributed by atoms with Crippen LogP contribution in [0.2, 0.25) is 0 Å². The molecule has 1 aromatic carbocycles. The molecule has 1 aliphatic carbocycles. The molecule has 2 aliphatic heterocycles. The number of carbonyl (C=O) groups is 1. The number of hydrogen-bond acceptors (Lipinski definition) is 14. The zero-order valence-corrected chi connectivity index (χ0v) is 39.4. The van der Waals surface area contributed by atoms with Crippen molar-refractivity contribution >= 4 is 11.5 Å². The molecule has 4 rings (SSSR count). The number of rotatable bonds is 12. The second-order valence-electron chi connectivity index (χ2n) is 19.3. The van der Waals surface area contributed by atoms with E-state index in [0.717, 1.165) is 5.56 Å². The van der Waals surface area contributed by atoms with Crippen molar-refractivity contribution in [3.05, 3.63) is 35.9 Å². The molecule has 0 bridgehead atoms. The second kappa shape index (κ2) is 21.7. The Kier molecular flexibility index (Phi) is 18.4. The molecule has 14 heteroatoms. The van der Waals surface area contributed by atoms with Gasteiger partial charge in [-0.2, -0.15) is 0 Å². The number of hydrogen-bond donors (Lipinski definition) is 4. The van der Waals surface area contributed by atoms with Gasteiger partial charge in [0.15, 0.2) is 12.6 Å². The van der Waals surface area contributed by atoms with Gasteiger partial charge in [-0.15, -0.1) is 0 Å². The molecule has 18 atom stereocenters. The highest BCUT2D eigenvalue weighted by Gasteiger charge is 2.53. The molecule has 0 spiro atoms. The first-order valence-corrected chi connectivity index (χ1v) is 22.5. The van der Waals surface area contributed by atoms with E-state index in [4.69, 9.17) is 38.4 Å². The number of Topliss-reactive ketones (excluding diaryl/α,β-unsaturated/α-hetero) is 1. The molecule has 3 aliphatic rings. The number of aliphatic hydroxyl groups excluding tert-OH is 3. The van der Waals surface area contributed by atoms with E-state index in [-0.39, 0.29) is 43.8 Å². The van der Waals surface area contributed by atoms with Crippen molar-refractivity contribution in [2.24, 2.45) is 34.7 Å². The smallest absolute Gasteiger partial charge is 0.185 e. The predicted octanol–water partition coefficient (Wildman–Crippen LogP) is 5.15. The SMILES string of the molecule is CC[C@H]1CC(=O)[C@H](C)[C@@H](O[C@H]2C[C@@](C)(OC)[C@@H](O)[C@H](C)O2)[C@H](C)[C@@H](O[C@@H]2O[C@H](C)C[C@H](N(C)C)[C@H]2O)[C@](C)(OC)C[C@@H](C)/C(=N\OCCc2ccccc2)[C@H](C)[C@@H](O)[C@]1(C)O. The van der Waals surface area contributed by atoms with Crippen LogP contribution in [0, 0.1) is 29.6 Å². The van der Waals surface area contributed by atoms with Crippen molar-refractivity contribution in [1.29, 1.82) is 0 Å². The molecule has 4 N–H and O–H groups in total. The lowest BCUT2D eigenvalue weighted by atomic mass is 9.69. The van der Waals surface area contributed by atoms with E-state index < -0.39 is 95.6 Å². The Morgan fingerprint density at radius 1 is 0.869 bits per heavy atom. The Morgan fingerprint density at radius 3 is 2.10 bits per heavy atom. The van der Waals surface area contributed by atoms with Crippen LogP contribution in [0.15, 0.2) is 35.5 Å². The van der Waals surface area contributed by atoms with E-state index in [9.17, 15) is 25.2 Å². The van der Waals surface area contributed by atoms with Crippen LogP contribution in [0.4, 0.5) is 0 Å². The van der Waals surface area contributed by atoms with Crippen LogP contribution in [-0.4, -0.2) is 150 Å². The Hall–Kier alpha value is -2.08. The maximum absolute atomic E-state index is 14.7. The average Bonchev–Trinajstić information content (AvgIpc) is 3.22. The Balaban J connectivity index is 1.88. The highest BCUT2D eigenvalue weighted by molar-refractivity contribution is 5.89. The van der Waals surface area contributed by atoms with Gasteiger partial charge in [0.1, 0.15) is 24.6 Å². The minimum atomic E-state index is -1.69. The van der Waals surface area contributed by atoms with Crippen LogP contribution >= 0.6 is 0 Å². The third-order valence-electron chi connectivity index (χ3n) is 14.4. The van der Waals surface area contributed by atoms with Crippen molar-refractivity contribution in [3.63, 3.8) is 0 Å². The number of likely N-dealkylation sites (N-methyl/N-ethyl adjacent to an activating group) is 1. The van der Waals surface area contributed by atoms with E-state index in [1.165, 1.54) is 0 Å². The van der Waals surface area contributed by atoms with Gasteiger partial charge in [-0.05, 0) is 73.0 Å². The summed E-state index contributed by atoms with van der Waals surface area (Å²) < 4.78 is 39.0. The number of aliphatic hydroxyl groups is 4. The molecule has 350 valence electrons. The molecule has 0 amide bonds. The molecule has 2 saturated heterocycles. The van der Waals surface area contributed by atoms with E-state index in [1.807, 2.05) is 105 Å². The summed E-state index contributed by atoms with van der Waals surface area (Å²) in [7, 11) is 6.98. The maximum atomic E-state index is 14.7. The minimum absolute atomic E-state index is 0.0490. The lowest BCUT2D eigenvalue weighted by molar-refractivity contribution is -0.318. The van der Waals surface area contributed by atoms with Gasteiger partial charge < -0.3 is 58.6 Å². The highest BCUT2D eigenvalue weighted by Crippen LogP contribution is 2.43. The number of oxime groups is 1. The number of methoxy groups -OCH3 is 2. The summed E-state index contributed by atoms with van der Waals surface area (Å²) in [6.45, 7) is 18.8. The summed E-state index contributed by atoms with van der Waals surface area (Å²) in [5, 5.41) is 51.9. The number of nitrogens with zero attached hydrogens (tertiary/aromatic N) is 2. The van der Waals surface area contributed by atoms with E-state index in [2.05, 4.69) is 0 Å². The van der Waals surface area contributed by atoms with Crippen molar-refractivity contribution in [2.75, 3.05) is 34.9 Å². The number of benzene rings is 1. The molecule has 0 unspecified atom stereocenters. The lowest BCUT2D eigenvalue weighted by Crippen LogP contribution is -2.61. The van der Waals surface area contributed by atoms with E-state index in [1.54, 1.807) is 28.1 Å². The summed E-state index contributed by atoms with van der Waals surface area (Å²) in [4.78, 5) is 22.7. The summed E-state index contributed by atoms with van der Waals surface area (Å²) in [6.07, 6.45) is -5.81. The topological polar surface area (TPSA) is 178 Å². The van der Waals surface area contributed by atoms with Gasteiger partial charge in [0.25, 0.3) is 0 Å². The molecule has 61 heavy (non-hydrogen) atoms. The number of ether oxygens (including phenoxy) is 6. The first kappa shape index (κ1) is 51.6. The molecule has 0 radical (unpaired) electrons. The van der Waals surface area contributed by atoms with Crippen molar-refractivity contribution < 1.29 is 58.5 Å². The fourth-order valence-corrected chi connectivity index (χ4v) is 10.1. The zero-order valence-electron chi connectivity index (χ0n) is 39.4. The van der Waals surface area contributed by atoms with Crippen LogP contribution in [0.25, 0.3) is 0 Å². The third kappa shape index (κ3) is 12.0. The van der Waals surface area contributed by atoms with Gasteiger partial charge >= 0.3 is 0 Å². The normalized spacial score (nSPS) is 44.2. The predicted molar refractivity (Wildman–Crippen MR) is 233 cm³/mol. The number of carbonyl (C=O) groups excluding carboxylic acids is 1. The molecule has 1 saturated carbocycles. The van der Waals surface area contributed by atoms with Gasteiger partial charge in [0.05, 0.1) is 53.0 Å². The van der Waals surface area contributed by atoms with Gasteiger partial charge in [0.2, 0.25) is 0 Å². The molecule has 3 fully saturated rings. The first-order valence-electron chi connectivity index (χ1n) is 22.5. The van der Waals surface area contributed by atoms with Crippen LogP contribution in [0.3, 0.4) is 0 Å². The summed E-state index contributed by atoms with van der Waals surface area (Å²) >= 11 is 0. The maximum Gasteiger partial charge on any atom is 0.185 e. The molecule has 1 aromatic rings. The zero-order chi connectivity index (χ0) is 45.6. The van der Waals surface area contributed by atoms with Gasteiger partial charge in [-0.25, -0.2) is 0 Å². The summed E-state index contributed by atoms with van der Waals surface area (Å²) in [6, 6.07) is 9.69. The molecule has 2 heterocycles. The molecular formula is C47H80N2O12. The Morgan fingerprint density at radius 2 is 1.51 bits per heavy atom. The third-order valence-corrected chi connectivity index (χ3v) is 14.4. The minimum Gasteiger partial charge on any atom is -0.395 e. The number of ketones is 1. The Bertz CT molecular complexity index is 1550. The standard InChI is InChI=1S/C47H80N2O12/c1-15-34-24-36(50)29(4)40(60-37-26-45(8,55-13)42(53)32(7)59-37)31(6)43(61-44-39(51)35(49(11)12)23-28(3)58-44)46(9,56-14)25-27(2)38(30(5)41(52)47(34,10)54)48-57-22-21-33-19-17-16-18-20-33/h16-20,27-32,34-35,37,39-44,51-54H,15,21-26H2,1-14H3/b48-38+/t27-,28-,29+,30+,31+,32+,34+,35+,37+,39-,40-,41-,42+,43-,44+,45-,46-,47-/m1/s1. The molecule has 14 nitrogen and oxygen atoms in total. The van der Waals surface area contributed by atoms with Gasteiger partial charge in [-0.1, -0.05) is 76.5 Å². The van der Waals surface area contributed by atoms with E-state index >= 15 is 0 Å². The molecular weight excluding hydrogens is 785 g/mol. The first-order chi connectivity index (χ1) is 28.5. The van der Waals surface area contributed by atoms with Crippen LogP contribution < -0.4 is 0 Å². The van der Waals surface area contributed by atoms with Crippen LogP contribution in [-0.2, 0) is 44.5 Å². The largest absolute Gasteiger partial charge is 0.395 e. The van der Waals surface area contributed by atoms with Crippen molar-refractivity contribution in [1.82, 2.24) is 4.90 Å². The van der Waals surface area contributed by atoms with Crippen LogP contribution in [0.5, 0.6) is 0 Å². The highest BCUT2D eigenvalue weighted by atomic mass is 16.7. The fourth-order valence-electron chi connectivity index (χ4n) is 10.1. The fraction of sp³-hybridized carbons (Fsp3) is 0.830. The lowest BCUT2D eigenvalue weighted by Gasteiger charge is -2.50. The van der Waals surface area contributed by atoms with Crippen LogP contribution in [0.1, 0.15) is 107 Å². The summed E-state index contributed by atoms with van der Waals surface area (Å²) in [5.74, 6) is -3.30. The van der Waals surface area contributed by atoms with Gasteiger partial charge in [0, 0.05) is 63.2 Å². The summed E-state index contributed by atoms with van der Waals surface area (Å²) in [5.41, 5.74) is -2.24. The monoisotopic (exact) mass is 865 g/mol. The van der Waals surface area contributed by atoms with Crippen molar-refractivity contribution in [3.8, 4) is 0 Å². The Labute approximate surface area is 365 Å². The quantitative estimate of drug-likeness (QED) is 0.160. The molecule has 0 aromatic heterocycles. The second-order valence-corrected chi connectivity index (χ2v) is 19.3. The average molecular weight is 865 g/mol. The van der Waals surface area contributed by atoms with E-state index in [0.29, 0.717) is 25.0 Å². The van der Waals surface area contributed by atoms with Gasteiger partial charge in [-0.3, -0.25) is 4.79 Å².